The summed E-state index contributed by atoms with van der Waals surface area (Å²) < 4.78 is 26.8. The Balaban J connectivity index is 2.36. The van der Waals surface area contributed by atoms with E-state index in [1.807, 2.05) is 0 Å². The molecule has 2 aromatic rings. The van der Waals surface area contributed by atoms with Gasteiger partial charge in [0.25, 0.3) is 5.92 Å². The van der Waals surface area contributed by atoms with Crippen molar-refractivity contribution in [1.82, 2.24) is 14.6 Å². The molecule has 14 heavy (non-hydrogen) atoms. The molecule has 0 saturated heterocycles. The molecule has 0 amide bonds. The highest BCUT2D eigenvalue weighted by Gasteiger charge is 2.23. The van der Waals surface area contributed by atoms with Crippen LogP contribution in [0, 0.1) is 0 Å². The van der Waals surface area contributed by atoms with E-state index in [1.54, 1.807) is 24.5 Å². The molecule has 0 aliphatic rings. The number of hydrogen-bond acceptors (Lipinski definition) is 2. The molecular weight excluding hydrogens is 188 g/mol. The fourth-order valence-electron chi connectivity index (χ4n) is 1.28. The van der Waals surface area contributed by atoms with Gasteiger partial charge in [-0.15, -0.1) is 0 Å². The molecule has 0 bridgehead atoms. The largest absolute Gasteiger partial charge is 0.250 e. The van der Waals surface area contributed by atoms with E-state index in [0.717, 1.165) is 6.92 Å². The van der Waals surface area contributed by atoms with Crippen LogP contribution >= 0.6 is 0 Å². The standard InChI is InChI=1S/C9H9F2N3/c1-9(10,11)6-7-5-8-12-3-2-4-14(8)13-7/h2-5H,6H2,1H3. The zero-order chi connectivity index (χ0) is 10.2. The monoisotopic (exact) mass is 197 g/mol. The summed E-state index contributed by atoms with van der Waals surface area (Å²) in [7, 11) is 0. The van der Waals surface area contributed by atoms with Gasteiger partial charge in [0.05, 0.1) is 12.1 Å². The van der Waals surface area contributed by atoms with Gasteiger partial charge in [0.1, 0.15) is 0 Å². The van der Waals surface area contributed by atoms with Gasteiger partial charge >= 0.3 is 0 Å². The van der Waals surface area contributed by atoms with Crippen molar-refractivity contribution in [1.29, 1.82) is 0 Å². The van der Waals surface area contributed by atoms with E-state index in [1.165, 1.54) is 4.52 Å². The second kappa shape index (κ2) is 3.01. The zero-order valence-electron chi connectivity index (χ0n) is 7.61. The fraction of sp³-hybridized carbons (Fsp3) is 0.333. The summed E-state index contributed by atoms with van der Waals surface area (Å²) in [6.45, 7) is 0.879. The molecule has 5 heteroatoms. The molecule has 0 aromatic carbocycles. The van der Waals surface area contributed by atoms with E-state index in [0.29, 0.717) is 11.3 Å². The van der Waals surface area contributed by atoms with E-state index in [9.17, 15) is 8.78 Å². The molecule has 0 N–H and O–H groups in total. The van der Waals surface area contributed by atoms with Crippen molar-refractivity contribution in [2.45, 2.75) is 19.3 Å². The van der Waals surface area contributed by atoms with Gasteiger partial charge in [0.2, 0.25) is 0 Å². The Morgan fingerprint density at radius 1 is 1.50 bits per heavy atom. The number of halogens is 2. The molecule has 0 unspecified atom stereocenters. The van der Waals surface area contributed by atoms with E-state index >= 15 is 0 Å². The van der Waals surface area contributed by atoms with Crippen LogP contribution in [0.2, 0.25) is 0 Å². The summed E-state index contributed by atoms with van der Waals surface area (Å²) >= 11 is 0. The van der Waals surface area contributed by atoms with Crippen LogP contribution in [-0.2, 0) is 6.42 Å². The lowest BCUT2D eigenvalue weighted by Gasteiger charge is -2.05. The maximum atomic E-state index is 12.7. The molecule has 0 aliphatic carbocycles. The zero-order valence-corrected chi connectivity index (χ0v) is 7.61. The molecule has 74 valence electrons. The van der Waals surface area contributed by atoms with Crippen LogP contribution < -0.4 is 0 Å². The van der Waals surface area contributed by atoms with Gasteiger partial charge < -0.3 is 0 Å². The third-order valence-corrected chi connectivity index (χ3v) is 1.78. The van der Waals surface area contributed by atoms with Crippen LogP contribution in [0.25, 0.3) is 5.65 Å². The van der Waals surface area contributed by atoms with Gasteiger partial charge in [-0.2, -0.15) is 5.10 Å². The van der Waals surface area contributed by atoms with Crippen molar-refractivity contribution >= 4 is 5.65 Å². The van der Waals surface area contributed by atoms with E-state index in [2.05, 4.69) is 10.1 Å². The number of fused-ring (bicyclic) bond motifs is 1. The molecule has 0 aliphatic heterocycles. The summed E-state index contributed by atoms with van der Waals surface area (Å²) in [6, 6.07) is 3.27. The number of rotatable bonds is 2. The Morgan fingerprint density at radius 3 is 2.93 bits per heavy atom. The van der Waals surface area contributed by atoms with Gasteiger partial charge in [0, 0.05) is 18.5 Å². The van der Waals surface area contributed by atoms with Crippen molar-refractivity contribution in [2.75, 3.05) is 0 Å². The number of nitrogens with zero attached hydrogens (tertiary/aromatic N) is 3. The molecular formula is C9H9F2N3. The van der Waals surface area contributed by atoms with Crippen molar-refractivity contribution in [3.05, 3.63) is 30.2 Å². The Labute approximate surface area is 79.4 Å². The first-order valence-corrected chi connectivity index (χ1v) is 4.22. The average Bonchev–Trinajstić information content (AvgIpc) is 2.42. The van der Waals surface area contributed by atoms with Crippen molar-refractivity contribution in [3.63, 3.8) is 0 Å². The third kappa shape index (κ3) is 1.86. The van der Waals surface area contributed by atoms with Crippen LogP contribution in [0.3, 0.4) is 0 Å². The highest BCUT2D eigenvalue weighted by molar-refractivity contribution is 5.38. The molecule has 0 saturated carbocycles. The lowest BCUT2D eigenvalue weighted by molar-refractivity contribution is 0.0216. The Hall–Kier alpha value is -1.52. The van der Waals surface area contributed by atoms with Crippen molar-refractivity contribution in [2.24, 2.45) is 0 Å². The van der Waals surface area contributed by atoms with Gasteiger partial charge in [-0.3, -0.25) is 0 Å². The number of alkyl halides is 2. The Kier molecular flexibility index (Phi) is 1.94. The molecule has 0 spiro atoms. The second-order valence-electron chi connectivity index (χ2n) is 3.31. The summed E-state index contributed by atoms with van der Waals surface area (Å²) in [5.74, 6) is -2.72. The summed E-state index contributed by atoms with van der Waals surface area (Å²) in [5.41, 5.74) is 0.947. The van der Waals surface area contributed by atoms with Gasteiger partial charge in [-0.1, -0.05) is 0 Å². The average molecular weight is 197 g/mol. The summed E-state index contributed by atoms with van der Waals surface area (Å²) in [5, 5.41) is 3.97. The SMILES string of the molecule is CC(F)(F)Cc1cc2ncccn2n1. The van der Waals surface area contributed by atoms with Crippen LogP contribution in [-0.4, -0.2) is 20.5 Å². The predicted molar refractivity (Wildman–Crippen MR) is 47.3 cm³/mol. The van der Waals surface area contributed by atoms with Gasteiger partial charge in [-0.25, -0.2) is 18.3 Å². The van der Waals surface area contributed by atoms with E-state index < -0.39 is 5.92 Å². The first-order chi connectivity index (χ1) is 6.54. The number of aromatic nitrogens is 3. The Bertz CT molecular complexity index is 411. The summed E-state index contributed by atoms with van der Waals surface area (Å²) in [4.78, 5) is 3.99. The quantitative estimate of drug-likeness (QED) is 0.736. The molecule has 0 atom stereocenters. The second-order valence-corrected chi connectivity index (χ2v) is 3.31. The lowest BCUT2D eigenvalue weighted by Crippen LogP contribution is -2.13. The minimum absolute atomic E-state index is 0.351. The lowest BCUT2D eigenvalue weighted by atomic mass is 10.2. The maximum Gasteiger partial charge on any atom is 0.250 e. The van der Waals surface area contributed by atoms with Gasteiger partial charge in [-0.05, 0) is 13.0 Å². The minimum Gasteiger partial charge on any atom is -0.237 e. The third-order valence-electron chi connectivity index (χ3n) is 1.78. The highest BCUT2D eigenvalue weighted by atomic mass is 19.3. The van der Waals surface area contributed by atoms with E-state index in [4.69, 9.17) is 0 Å². The maximum absolute atomic E-state index is 12.7. The van der Waals surface area contributed by atoms with Gasteiger partial charge in [0.15, 0.2) is 5.65 Å². The highest BCUT2D eigenvalue weighted by Crippen LogP contribution is 2.18. The Morgan fingerprint density at radius 2 is 2.29 bits per heavy atom. The first-order valence-electron chi connectivity index (χ1n) is 4.22. The van der Waals surface area contributed by atoms with Crippen LogP contribution in [0.1, 0.15) is 12.6 Å². The van der Waals surface area contributed by atoms with Crippen molar-refractivity contribution in [3.8, 4) is 0 Å². The minimum atomic E-state index is -2.72. The predicted octanol–water partition coefficient (Wildman–Crippen LogP) is 1.93. The first kappa shape index (κ1) is 9.05. The molecule has 2 aromatic heterocycles. The van der Waals surface area contributed by atoms with Crippen LogP contribution in [0.5, 0.6) is 0 Å². The molecule has 2 rings (SSSR count). The van der Waals surface area contributed by atoms with Crippen LogP contribution in [0.15, 0.2) is 24.5 Å². The fourth-order valence-corrected chi connectivity index (χ4v) is 1.28. The topological polar surface area (TPSA) is 30.2 Å². The normalized spacial score (nSPS) is 12.2. The molecule has 3 nitrogen and oxygen atoms in total. The molecule has 2 heterocycles. The van der Waals surface area contributed by atoms with Crippen LogP contribution in [0.4, 0.5) is 8.78 Å². The van der Waals surface area contributed by atoms with E-state index in [-0.39, 0.29) is 6.42 Å². The summed E-state index contributed by atoms with van der Waals surface area (Å²) in [6.07, 6.45) is 2.93. The molecule has 0 radical (unpaired) electrons. The molecule has 0 fully saturated rings. The smallest absolute Gasteiger partial charge is 0.237 e. The number of hydrogen-bond donors (Lipinski definition) is 0. The van der Waals surface area contributed by atoms with Crippen molar-refractivity contribution < 1.29 is 8.78 Å².